The number of carbonyl (C=O) groups excluding carboxylic acids is 2. The highest BCUT2D eigenvalue weighted by Gasteiger charge is 2.30. The normalized spacial score (nSPS) is 25.9. The van der Waals surface area contributed by atoms with Crippen molar-refractivity contribution in [2.75, 3.05) is 13.1 Å². The molecule has 1 heterocycles. The van der Waals surface area contributed by atoms with E-state index < -0.39 is 0 Å². The molecular weight excluding hydrogens is 254 g/mol. The second-order valence-electron chi connectivity index (χ2n) is 6.14. The molecule has 2 fully saturated rings. The number of rotatable bonds is 4. The van der Waals surface area contributed by atoms with E-state index in [1.807, 2.05) is 4.90 Å². The Balaban J connectivity index is 1.77. The predicted molar refractivity (Wildman–Crippen MR) is 78.0 cm³/mol. The molecule has 0 spiro atoms. The van der Waals surface area contributed by atoms with Gasteiger partial charge in [-0.25, -0.2) is 0 Å². The summed E-state index contributed by atoms with van der Waals surface area (Å²) in [5.41, 5.74) is 5.37. The number of nitrogens with zero attached hydrogens (tertiary/aromatic N) is 1. The quantitative estimate of drug-likeness (QED) is 0.812. The molecule has 5 nitrogen and oxygen atoms in total. The molecule has 2 rings (SSSR count). The largest absolute Gasteiger partial charge is 0.368 e. The van der Waals surface area contributed by atoms with Gasteiger partial charge in [-0.1, -0.05) is 32.1 Å². The van der Waals surface area contributed by atoms with E-state index in [4.69, 9.17) is 5.73 Å². The fourth-order valence-corrected chi connectivity index (χ4v) is 3.40. The molecule has 1 saturated heterocycles. The first-order valence-corrected chi connectivity index (χ1v) is 7.99. The lowest BCUT2D eigenvalue weighted by atomic mass is 9.97. The standard InChI is InChI=1S/C15H27N3O2/c16-15(20)13-9-6-10-18(13)11-14(19)17-12-7-4-2-1-3-5-8-12/h12-13H,1-11H2,(H2,16,20)(H,17,19)/t13-/m1/s1. The predicted octanol–water partition coefficient (Wildman–Crippen LogP) is 1.17. The molecule has 2 amide bonds. The summed E-state index contributed by atoms with van der Waals surface area (Å²) >= 11 is 0. The van der Waals surface area contributed by atoms with E-state index in [1.54, 1.807) is 0 Å². The van der Waals surface area contributed by atoms with Crippen molar-refractivity contribution in [2.24, 2.45) is 5.73 Å². The molecular formula is C15H27N3O2. The minimum Gasteiger partial charge on any atom is -0.368 e. The number of hydrogen-bond acceptors (Lipinski definition) is 3. The second-order valence-corrected chi connectivity index (χ2v) is 6.14. The Morgan fingerprint density at radius 3 is 2.30 bits per heavy atom. The summed E-state index contributed by atoms with van der Waals surface area (Å²) in [4.78, 5) is 25.4. The van der Waals surface area contributed by atoms with Gasteiger partial charge >= 0.3 is 0 Å². The van der Waals surface area contributed by atoms with Gasteiger partial charge in [0, 0.05) is 6.04 Å². The highest BCUT2D eigenvalue weighted by Crippen LogP contribution is 2.18. The third-order valence-corrected chi connectivity index (χ3v) is 4.51. The molecule has 2 aliphatic rings. The summed E-state index contributed by atoms with van der Waals surface area (Å²) in [5.74, 6) is -0.259. The fraction of sp³-hybridized carbons (Fsp3) is 0.867. The van der Waals surface area contributed by atoms with Crippen LogP contribution in [0.1, 0.15) is 57.8 Å². The van der Waals surface area contributed by atoms with Gasteiger partial charge in [-0.2, -0.15) is 0 Å². The first kappa shape index (κ1) is 15.3. The van der Waals surface area contributed by atoms with Crippen molar-refractivity contribution in [3.05, 3.63) is 0 Å². The Morgan fingerprint density at radius 2 is 1.65 bits per heavy atom. The lowest BCUT2D eigenvalue weighted by Gasteiger charge is -2.24. The summed E-state index contributed by atoms with van der Waals surface area (Å²) < 4.78 is 0. The van der Waals surface area contributed by atoms with Crippen LogP contribution in [0.4, 0.5) is 0 Å². The van der Waals surface area contributed by atoms with Gasteiger partial charge in [0.15, 0.2) is 0 Å². The van der Waals surface area contributed by atoms with Crippen molar-refractivity contribution in [3.63, 3.8) is 0 Å². The van der Waals surface area contributed by atoms with E-state index in [9.17, 15) is 9.59 Å². The molecule has 0 aromatic heterocycles. The maximum atomic E-state index is 12.1. The van der Waals surface area contributed by atoms with Crippen LogP contribution in [0.15, 0.2) is 0 Å². The summed E-state index contributed by atoms with van der Waals surface area (Å²) in [7, 11) is 0. The van der Waals surface area contributed by atoms with Gasteiger partial charge in [0.2, 0.25) is 11.8 Å². The van der Waals surface area contributed by atoms with Crippen LogP contribution in [0.25, 0.3) is 0 Å². The Morgan fingerprint density at radius 1 is 1.00 bits per heavy atom. The highest BCUT2D eigenvalue weighted by molar-refractivity contribution is 5.82. The van der Waals surface area contributed by atoms with Crippen LogP contribution in [0.2, 0.25) is 0 Å². The molecule has 3 N–H and O–H groups in total. The van der Waals surface area contributed by atoms with Crippen molar-refractivity contribution >= 4 is 11.8 Å². The molecule has 1 saturated carbocycles. The number of carbonyl (C=O) groups is 2. The summed E-state index contributed by atoms with van der Waals surface area (Å²) in [6, 6.07) is 0.0653. The Bertz CT molecular complexity index is 338. The van der Waals surface area contributed by atoms with Gasteiger partial charge in [-0.05, 0) is 32.2 Å². The molecule has 20 heavy (non-hydrogen) atoms. The topological polar surface area (TPSA) is 75.4 Å². The van der Waals surface area contributed by atoms with E-state index in [0.29, 0.717) is 12.6 Å². The molecule has 0 aromatic rings. The van der Waals surface area contributed by atoms with Crippen LogP contribution in [0, 0.1) is 0 Å². The van der Waals surface area contributed by atoms with Crippen molar-refractivity contribution in [3.8, 4) is 0 Å². The van der Waals surface area contributed by atoms with Crippen LogP contribution in [0.5, 0.6) is 0 Å². The summed E-state index contributed by atoms with van der Waals surface area (Å²) in [6.45, 7) is 1.11. The van der Waals surface area contributed by atoms with Crippen LogP contribution in [-0.4, -0.2) is 41.9 Å². The van der Waals surface area contributed by atoms with Crippen LogP contribution >= 0.6 is 0 Å². The van der Waals surface area contributed by atoms with Crippen LogP contribution in [-0.2, 0) is 9.59 Å². The van der Waals surface area contributed by atoms with Gasteiger partial charge in [-0.3, -0.25) is 14.5 Å². The van der Waals surface area contributed by atoms with Gasteiger partial charge < -0.3 is 11.1 Å². The monoisotopic (exact) mass is 281 g/mol. The molecule has 5 heteroatoms. The lowest BCUT2D eigenvalue weighted by Crippen LogP contribution is -2.47. The zero-order valence-corrected chi connectivity index (χ0v) is 12.3. The van der Waals surface area contributed by atoms with Crippen LogP contribution in [0.3, 0.4) is 0 Å². The Kier molecular flexibility index (Phi) is 5.83. The fourth-order valence-electron chi connectivity index (χ4n) is 3.40. The number of nitrogens with one attached hydrogen (secondary N) is 1. The molecule has 1 aliphatic heterocycles. The molecule has 0 bridgehead atoms. The van der Waals surface area contributed by atoms with Gasteiger partial charge in [0.1, 0.15) is 0 Å². The van der Waals surface area contributed by atoms with E-state index in [1.165, 1.54) is 32.1 Å². The number of nitrogens with two attached hydrogens (primary N) is 1. The molecule has 1 aliphatic carbocycles. The van der Waals surface area contributed by atoms with Gasteiger partial charge in [-0.15, -0.1) is 0 Å². The lowest BCUT2D eigenvalue weighted by molar-refractivity contribution is -0.126. The van der Waals surface area contributed by atoms with E-state index in [0.717, 1.165) is 32.2 Å². The zero-order chi connectivity index (χ0) is 14.4. The third kappa shape index (κ3) is 4.47. The van der Waals surface area contributed by atoms with Crippen LogP contribution < -0.4 is 11.1 Å². The number of amides is 2. The number of likely N-dealkylation sites (tertiary alicyclic amines) is 1. The highest BCUT2D eigenvalue weighted by atomic mass is 16.2. The summed E-state index contributed by atoms with van der Waals surface area (Å²) in [6.07, 6.45) is 10.2. The van der Waals surface area contributed by atoms with Crippen molar-refractivity contribution in [2.45, 2.75) is 69.9 Å². The van der Waals surface area contributed by atoms with E-state index in [2.05, 4.69) is 5.32 Å². The van der Waals surface area contributed by atoms with Crippen molar-refractivity contribution in [1.82, 2.24) is 10.2 Å². The second kappa shape index (κ2) is 7.62. The zero-order valence-electron chi connectivity index (χ0n) is 12.3. The Hall–Kier alpha value is -1.10. The maximum Gasteiger partial charge on any atom is 0.234 e. The Labute approximate surface area is 121 Å². The average molecular weight is 281 g/mol. The SMILES string of the molecule is NC(=O)[C@H]1CCCN1CC(=O)NC1CCCCCCC1. The first-order valence-electron chi connectivity index (χ1n) is 7.99. The first-order chi connectivity index (χ1) is 9.66. The van der Waals surface area contributed by atoms with E-state index >= 15 is 0 Å². The number of primary amides is 1. The molecule has 1 atom stereocenters. The molecule has 0 aromatic carbocycles. The van der Waals surface area contributed by atoms with Gasteiger partial charge in [0.25, 0.3) is 0 Å². The van der Waals surface area contributed by atoms with Gasteiger partial charge in [0.05, 0.1) is 12.6 Å². The third-order valence-electron chi connectivity index (χ3n) is 4.51. The molecule has 0 radical (unpaired) electrons. The van der Waals surface area contributed by atoms with Crippen molar-refractivity contribution < 1.29 is 9.59 Å². The maximum absolute atomic E-state index is 12.1. The van der Waals surface area contributed by atoms with Crippen molar-refractivity contribution in [1.29, 1.82) is 0 Å². The molecule has 0 unspecified atom stereocenters. The smallest absolute Gasteiger partial charge is 0.234 e. The minimum absolute atomic E-state index is 0.0451. The number of hydrogen-bond donors (Lipinski definition) is 2. The van der Waals surface area contributed by atoms with E-state index in [-0.39, 0.29) is 17.9 Å². The summed E-state index contributed by atoms with van der Waals surface area (Å²) in [5, 5.41) is 3.14. The molecule has 114 valence electrons. The average Bonchev–Trinajstić information content (AvgIpc) is 2.80. The minimum atomic E-state index is -0.304.